The Hall–Kier alpha value is -1.89. The molecule has 7 nitrogen and oxygen atoms in total. The summed E-state index contributed by atoms with van der Waals surface area (Å²) in [6.07, 6.45) is 5.01. The van der Waals surface area contributed by atoms with Gasteiger partial charge >= 0.3 is 0 Å². The van der Waals surface area contributed by atoms with Gasteiger partial charge in [0.1, 0.15) is 5.76 Å². The van der Waals surface area contributed by atoms with Crippen molar-refractivity contribution in [3.05, 3.63) is 17.5 Å². The number of amides is 2. The zero-order valence-electron chi connectivity index (χ0n) is 15.4. The number of nitrogens with one attached hydrogen (secondary N) is 2. The molecule has 3 fully saturated rings. The van der Waals surface area contributed by atoms with Gasteiger partial charge in [-0.05, 0) is 50.6 Å². The van der Waals surface area contributed by atoms with Crippen molar-refractivity contribution in [1.29, 1.82) is 0 Å². The number of hydrogen-bond acceptors (Lipinski definition) is 5. The van der Waals surface area contributed by atoms with Crippen LogP contribution in [0.2, 0.25) is 0 Å². The molecule has 3 heterocycles. The van der Waals surface area contributed by atoms with Crippen molar-refractivity contribution in [1.82, 2.24) is 20.7 Å². The Kier molecular flexibility index (Phi) is 4.98. The first-order valence-electron chi connectivity index (χ1n) is 9.86. The highest BCUT2D eigenvalue weighted by Crippen LogP contribution is 2.40. The Bertz CT molecular complexity index is 663. The second-order valence-electron chi connectivity index (χ2n) is 8.14. The average molecular weight is 360 g/mol. The highest BCUT2D eigenvalue weighted by atomic mass is 16.5. The fraction of sp³-hybridized carbons (Fsp3) is 0.737. The van der Waals surface area contributed by atoms with Crippen LogP contribution in [0.1, 0.15) is 61.2 Å². The van der Waals surface area contributed by atoms with E-state index < -0.39 is 0 Å². The molecule has 1 saturated carbocycles. The van der Waals surface area contributed by atoms with Crippen molar-refractivity contribution in [2.24, 2.45) is 11.8 Å². The van der Waals surface area contributed by atoms with Gasteiger partial charge in [0.25, 0.3) is 5.91 Å². The first-order chi connectivity index (χ1) is 12.6. The largest absolute Gasteiger partial charge is 0.360 e. The number of piperidine rings is 1. The number of carbonyl (C=O) groups is 2. The van der Waals surface area contributed by atoms with E-state index in [9.17, 15) is 9.59 Å². The molecule has 2 atom stereocenters. The number of likely N-dealkylation sites (tertiary alicyclic amines) is 1. The van der Waals surface area contributed by atoms with Crippen LogP contribution in [0.15, 0.2) is 10.6 Å². The topological polar surface area (TPSA) is 87.5 Å². The molecule has 0 spiro atoms. The number of rotatable bonds is 5. The van der Waals surface area contributed by atoms with Crippen molar-refractivity contribution in [3.8, 4) is 0 Å². The monoisotopic (exact) mass is 360 g/mol. The molecule has 4 rings (SSSR count). The van der Waals surface area contributed by atoms with Gasteiger partial charge in [-0.25, -0.2) is 0 Å². The van der Waals surface area contributed by atoms with E-state index in [1.807, 2.05) is 4.90 Å². The van der Waals surface area contributed by atoms with Crippen molar-refractivity contribution in [3.63, 3.8) is 0 Å². The molecule has 1 aromatic rings. The van der Waals surface area contributed by atoms with E-state index in [0.29, 0.717) is 37.0 Å². The van der Waals surface area contributed by atoms with E-state index in [0.717, 1.165) is 44.5 Å². The van der Waals surface area contributed by atoms with Crippen molar-refractivity contribution >= 4 is 11.8 Å². The molecular formula is C19H28N4O3. The maximum atomic E-state index is 12.6. The Balaban J connectivity index is 1.29. The smallest absolute Gasteiger partial charge is 0.273 e. The minimum absolute atomic E-state index is 0.0273. The van der Waals surface area contributed by atoms with Gasteiger partial charge in [0.05, 0.1) is 6.04 Å². The molecule has 26 heavy (non-hydrogen) atoms. The third-order valence-corrected chi connectivity index (χ3v) is 5.94. The van der Waals surface area contributed by atoms with Crippen LogP contribution in [0.4, 0.5) is 0 Å². The number of hydrogen-bond donors (Lipinski definition) is 2. The molecule has 0 radical (unpaired) electrons. The maximum absolute atomic E-state index is 12.6. The number of nitrogens with zero attached hydrogens (tertiary/aromatic N) is 2. The van der Waals surface area contributed by atoms with Crippen LogP contribution in [0.3, 0.4) is 0 Å². The molecule has 0 bridgehead atoms. The van der Waals surface area contributed by atoms with E-state index in [-0.39, 0.29) is 23.8 Å². The van der Waals surface area contributed by atoms with E-state index in [2.05, 4.69) is 22.7 Å². The third-order valence-electron chi connectivity index (χ3n) is 5.94. The Morgan fingerprint density at radius 3 is 2.77 bits per heavy atom. The fourth-order valence-corrected chi connectivity index (χ4v) is 4.02. The van der Waals surface area contributed by atoms with Gasteiger partial charge in [0.15, 0.2) is 5.69 Å². The maximum Gasteiger partial charge on any atom is 0.273 e. The summed E-state index contributed by atoms with van der Waals surface area (Å²) >= 11 is 0. The summed E-state index contributed by atoms with van der Waals surface area (Å²) in [5.74, 6) is 2.00. The van der Waals surface area contributed by atoms with Gasteiger partial charge in [0, 0.05) is 31.5 Å². The Morgan fingerprint density at radius 1 is 1.27 bits per heavy atom. The van der Waals surface area contributed by atoms with Crippen LogP contribution in [0.5, 0.6) is 0 Å². The molecule has 1 aromatic heterocycles. The lowest BCUT2D eigenvalue weighted by Crippen LogP contribution is -2.41. The molecular weight excluding hydrogens is 332 g/mol. The molecule has 1 unspecified atom stereocenters. The van der Waals surface area contributed by atoms with E-state index >= 15 is 0 Å². The van der Waals surface area contributed by atoms with Crippen LogP contribution in [-0.4, -0.2) is 54.1 Å². The molecule has 2 N–H and O–H groups in total. The Labute approximate surface area is 153 Å². The molecule has 2 aliphatic heterocycles. The fourth-order valence-electron chi connectivity index (χ4n) is 4.02. The van der Waals surface area contributed by atoms with Crippen LogP contribution >= 0.6 is 0 Å². The molecule has 2 amide bonds. The number of aromatic nitrogens is 1. The predicted octanol–water partition coefficient (Wildman–Crippen LogP) is 1.52. The SMILES string of the molecule is C[C@@H]1CN(C(=O)CC2CCNCC2)CC1NC(=O)c1cc(C2CC2)on1. The van der Waals surface area contributed by atoms with Gasteiger partial charge in [-0.1, -0.05) is 12.1 Å². The molecule has 1 aliphatic carbocycles. The highest BCUT2D eigenvalue weighted by molar-refractivity contribution is 5.92. The van der Waals surface area contributed by atoms with Crippen molar-refractivity contribution in [2.75, 3.05) is 26.2 Å². The lowest BCUT2D eigenvalue weighted by Gasteiger charge is -2.24. The summed E-state index contributed by atoms with van der Waals surface area (Å²) < 4.78 is 5.26. The number of carbonyl (C=O) groups excluding carboxylic acids is 2. The lowest BCUT2D eigenvalue weighted by atomic mass is 9.94. The lowest BCUT2D eigenvalue weighted by molar-refractivity contribution is -0.131. The van der Waals surface area contributed by atoms with Gasteiger partial charge in [-0.2, -0.15) is 0 Å². The average Bonchev–Trinajstić information content (AvgIpc) is 3.25. The summed E-state index contributed by atoms with van der Waals surface area (Å²) in [5, 5.41) is 10.3. The van der Waals surface area contributed by atoms with Crippen LogP contribution in [0.25, 0.3) is 0 Å². The van der Waals surface area contributed by atoms with Gasteiger partial charge < -0.3 is 20.1 Å². The minimum atomic E-state index is -0.204. The van der Waals surface area contributed by atoms with E-state index in [1.54, 1.807) is 6.07 Å². The van der Waals surface area contributed by atoms with E-state index in [4.69, 9.17) is 4.52 Å². The molecule has 7 heteroatoms. The summed E-state index contributed by atoms with van der Waals surface area (Å²) in [4.78, 5) is 27.0. The second kappa shape index (κ2) is 7.39. The first kappa shape index (κ1) is 17.5. The van der Waals surface area contributed by atoms with Gasteiger partial charge in [-0.15, -0.1) is 0 Å². The van der Waals surface area contributed by atoms with Crippen molar-refractivity contribution < 1.29 is 14.1 Å². The highest BCUT2D eigenvalue weighted by Gasteiger charge is 2.35. The zero-order valence-corrected chi connectivity index (χ0v) is 15.4. The normalized spacial score (nSPS) is 26.9. The van der Waals surface area contributed by atoms with Gasteiger partial charge in [0.2, 0.25) is 5.91 Å². The minimum Gasteiger partial charge on any atom is -0.360 e. The van der Waals surface area contributed by atoms with E-state index in [1.165, 1.54) is 0 Å². The first-order valence-corrected chi connectivity index (χ1v) is 9.86. The summed E-state index contributed by atoms with van der Waals surface area (Å²) in [5.41, 5.74) is 0.346. The summed E-state index contributed by atoms with van der Waals surface area (Å²) in [6.45, 7) is 5.40. The zero-order chi connectivity index (χ0) is 18.1. The molecule has 3 aliphatic rings. The van der Waals surface area contributed by atoms with Crippen LogP contribution < -0.4 is 10.6 Å². The quantitative estimate of drug-likeness (QED) is 0.831. The molecule has 142 valence electrons. The van der Waals surface area contributed by atoms with Crippen LogP contribution in [0, 0.1) is 11.8 Å². The molecule has 0 aromatic carbocycles. The standard InChI is InChI=1S/C19H28N4O3/c1-12-10-23(18(24)8-13-4-6-20-7-5-13)11-16(12)21-19(25)15-9-17(26-22-15)14-2-3-14/h9,12-14,16,20H,2-8,10-11H2,1H3,(H,21,25)/t12-,16?/m1/s1. The molecule has 2 saturated heterocycles. The second-order valence-corrected chi connectivity index (χ2v) is 8.14. The van der Waals surface area contributed by atoms with Crippen molar-refractivity contribution in [2.45, 2.75) is 51.0 Å². The third kappa shape index (κ3) is 3.92. The summed E-state index contributed by atoms with van der Waals surface area (Å²) in [6, 6.07) is 1.73. The Morgan fingerprint density at radius 2 is 2.04 bits per heavy atom. The van der Waals surface area contributed by atoms with Crippen LogP contribution in [-0.2, 0) is 4.79 Å². The summed E-state index contributed by atoms with van der Waals surface area (Å²) in [7, 11) is 0. The van der Waals surface area contributed by atoms with Gasteiger partial charge in [-0.3, -0.25) is 9.59 Å². The predicted molar refractivity (Wildman–Crippen MR) is 95.7 cm³/mol.